The van der Waals surface area contributed by atoms with Gasteiger partial charge in [-0.2, -0.15) is 0 Å². The van der Waals surface area contributed by atoms with Crippen molar-refractivity contribution in [2.75, 3.05) is 7.11 Å². The van der Waals surface area contributed by atoms with Crippen LogP contribution >= 0.6 is 0 Å². The summed E-state index contributed by atoms with van der Waals surface area (Å²) in [6.45, 7) is 1.95. The standard InChI is InChI=1S/C19H30O4/c1-17(23-2)13-9-7-8-11-15-18(20)14-10-5-3-4-6-12-16-19(21)22/h7-9,11,13,15,17H,3-6,10,12,14,16H2,1-2H3,(H,21,22). The molecule has 0 spiro atoms. The lowest BCUT2D eigenvalue weighted by Gasteiger charge is -1.99. The first kappa shape index (κ1) is 21.3. The summed E-state index contributed by atoms with van der Waals surface area (Å²) >= 11 is 0. The first-order valence-corrected chi connectivity index (χ1v) is 8.35. The Morgan fingerprint density at radius 1 is 0.913 bits per heavy atom. The van der Waals surface area contributed by atoms with Gasteiger partial charge in [-0.25, -0.2) is 0 Å². The first-order chi connectivity index (χ1) is 11.1. The van der Waals surface area contributed by atoms with Gasteiger partial charge in [0.2, 0.25) is 0 Å². The van der Waals surface area contributed by atoms with E-state index in [1.54, 1.807) is 19.3 Å². The number of carboxylic acid groups (broad SMARTS) is 1. The average molecular weight is 322 g/mol. The number of hydrogen-bond acceptors (Lipinski definition) is 3. The second kappa shape index (κ2) is 15.2. The maximum Gasteiger partial charge on any atom is 0.303 e. The fourth-order valence-electron chi connectivity index (χ4n) is 1.96. The summed E-state index contributed by atoms with van der Waals surface area (Å²) in [6.07, 6.45) is 17.6. The van der Waals surface area contributed by atoms with Crippen LogP contribution in [0.1, 0.15) is 58.3 Å². The highest BCUT2D eigenvalue weighted by Crippen LogP contribution is 2.09. The van der Waals surface area contributed by atoms with Crippen molar-refractivity contribution in [1.82, 2.24) is 0 Å². The van der Waals surface area contributed by atoms with E-state index in [9.17, 15) is 9.59 Å². The zero-order chi connectivity index (χ0) is 17.3. The number of carbonyl (C=O) groups excluding carboxylic acids is 1. The normalized spacial score (nSPS) is 13.3. The van der Waals surface area contributed by atoms with Gasteiger partial charge in [-0.1, -0.05) is 56.1 Å². The lowest BCUT2D eigenvalue weighted by molar-refractivity contribution is -0.137. The molecule has 1 unspecified atom stereocenters. The van der Waals surface area contributed by atoms with Crippen molar-refractivity contribution in [2.45, 2.75) is 64.4 Å². The number of ketones is 1. The van der Waals surface area contributed by atoms with E-state index in [2.05, 4.69) is 0 Å². The largest absolute Gasteiger partial charge is 0.481 e. The van der Waals surface area contributed by atoms with Crippen LogP contribution in [0.3, 0.4) is 0 Å². The molecule has 0 aromatic carbocycles. The Bertz CT molecular complexity index is 408. The van der Waals surface area contributed by atoms with Gasteiger partial charge in [0, 0.05) is 20.0 Å². The maximum atomic E-state index is 11.6. The van der Waals surface area contributed by atoms with Crippen molar-refractivity contribution >= 4 is 11.8 Å². The molecule has 1 N–H and O–H groups in total. The zero-order valence-corrected chi connectivity index (χ0v) is 14.4. The van der Waals surface area contributed by atoms with E-state index < -0.39 is 5.97 Å². The summed E-state index contributed by atoms with van der Waals surface area (Å²) < 4.78 is 5.07. The van der Waals surface area contributed by atoms with Crippen LogP contribution in [0.4, 0.5) is 0 Å². The molecule has 0 heterocycles. The van der Waals surface area contributed by atoms with E-state index in [0.717, 1.165) is 38.5 Å². The molecule has 130 valence electrons. The van der Waals surface area contributed by atoms with Crippen LogP contribution in [0.15, 0.2) is 36.5 Å². The molecule has 0 aromatic heterocycles. The summed E-state index contributed by atoms with van der Waals surface area (Å²) in [5.41, 5.74) is 0. The van der Waals surface area contributed by atoms with Crippen molar-refractivity contribution in [3.05, 3.63) is 36.5 Å². The number of carboxylic acids is 1. The number of unbranched alkanes of at least 4 members (excludes halogenated alkanes) is 5. The Morgan fingerprint density at radius 3 is 2.09 bits per heavy atom. The molecule has 4 heteroatoms. The second-order valence-corrected chi connectivity index (χ2v) is 5.55. The van der Waals surface area contributed by atoms with Gasteiger partial charge in [0.1, 0.15) is 0 Å². The van der Waals surface area contributed by atoms with Crippen LogP contribution in [0.5, 0.6) is 0 Å². The van der Waals surface area contributed by atoms with Gasteiger partial charge in [0.05, 0.1) is 6.10 Å². The molecule has 0 radical (unpaired) electrons. The number of carbonyl (C=O) groups is 2. The molecular weight excluding hydrogens is 292 g/mol. The van der Waals surface area contributed by atoms with Crippen LogP contribution in [0.25, 0.3) is 0 Å². The monoisotopic (exact) mass is 322 g/mol. The quantitative estimate of drug-likeness (QED) is 0.291. The summed E-state index contributed by atoms with van der Waals surface area (Å²) in [7, 11) is 1.66. The Morgan fingerprint density at radius 2 is 1.48 bits per heavy atom. The molecule has 0 bridgehead atoms. The minimum absolute atomic E-state index is 0.0920. The number of methoxy groups -OCH3 is 1. The summed E-state index contributed by atoms with van der Waals surface area (Å²) in [5, 5.41) is 8.51. The summed E-state index contributed by atoms with van der Waals surface area (Å²) in [6, 6.07) is 0. The minimum Gasteiger partial charge on any atom is -0.481 e. The highest BCUT2D eigenvalue weighted by molar-refractivity contribution is 5.89. The van der Waals surface area contributed by atoms with E-state index in [0.29, 0.717) is 6.42 Å². The van der Waals surface area contributed by atoms with E-state index in [1.165, 1.54) is 0 Å². The fourth-order valence-corrected chi connectivity index (χ4v) is 1.96. The minimum atomic E-state index is -0.722. The molecule has 4 nitrogen and oxygen atoms in total. The van der Waals surface area contributed by atoms with E-state index in [1.807, 2.05) is 31.2 Å². The van der Waals surface area contributed by atoms with Crippen LogP contribution in [-0.2, 0) is 14.3 Å². The number of allylic oxidation sites excluding steroid dienone is 5. The summed E-state index contributed by atoms with van der Waals surface area (Å²) in [4.78, 5) is 22.0. The molecule has 0 rings (SSSR count). The van der Waals surface area contributed by atoms with Gasteiger partial charge in [-0.15, -0.1) is 0 Å². The average Bonchev–Trinajstić information content (AvgIpc) is 2.52. The molecule has 1 atom stereocenters. The highest BCUT2D eigenvalue weighted by Gasteiger charge is 1.98. The predicted octanol–water partition coefficient (Wildman–Crippen LogP) is 4.46. The molecule has 0 saturated carbocycles. The van der Waals surface area contributed by atoms with Crippen molar-refractivity contribution in [1.29, 1.82) is 0 Å². The van der Waals surface area contributed by atoms with Gasteiger partial charge < -0.3 is 9.84 Å². The number of aliphatic carboxylic acids is 1. The smallest absolute Gasteiger partial charge is 0.303 e. The summed E-state index contributed by atoms with van der Waals surface area (Å²) in [5.74, 6) is -0.574. The molecule has 0 aliphatic carbocycles. The van der Waals surface area contributed by atoms with Crippen molar-refractivity contribution in [2.24, 2.45) is 0 Å². The topological polar surface area (TPSA) is 63.6 Å². The van der Waals surface area contributed by atoms with Gasteiger partial charge >= 0.3 is 5.97 Å². The predicted molar refractivity (Wildman–Crippen MR) is 93.5 cm³/mol. The molecular formula is C19H30O4. The van der Waals surface area contributed by atoms with Crippen LogP contribution in [0, 0.1) is 0 Å². The van der Waals surface area contributed by atoms with Crippen molar-refractivity contribution in [3.8, 4) is 0 Å². The van der Waals surface area contributed by atoms with Gasteiger partial charge in [-0.3, -0.25) is 9.59 Å². The molecule has 0 saturated heterocycles. The molecule has 0 fully saturated rings. The Balaban J connectivity index is 3.56. The van der Waals surface area contributed by atoms with Crippen LogP contribution in [0.2, 0.25) is 0 Å². The Kier molecular flexibility index (Phi) is 14.1. The van der Waals surface area contributed by atoms with Gasteiger partial charge in [0.15, 0.2) is 5.78 Å². The maximum absolute atomic E-state index is 11.6. The lowest BCUT2D eigenvalue weighted by atomic mass is 10.1. The van der Waals surface area contributed by atoms with E-state index >= 15 is 0 Å². The third-order valence-corrected chi connectivity index (χ3v) is 3.43. The number of hydrogen-bond donors (Lipinski definition) is 1. The third kappa shape index (κ3) is 16.5. The Hall–Kier alpha value is -1.68. The molecule has 0 amide bonds. The van der Waals surface area contributed by atoms with E-state index in [-0.39, 0.29) is 18.3 Å². The lowest BCUT2D eigenvalue weighted by Crippen LogP contribution is -1.97. The number of rotatable bonds is 14. The van der Waals surface area contributed by atoms with E-state index in [4.69, 9.17) is 9.84 Å². The van der Waals surface area contributed by atoms with Crippen LogP contribution < -0.4 is 0 Å². The Labute approximate surface area is 139 Å². The second-order valence-electron chi connectivity index (χ2n) is 5.55. The molecule has 0 aliphatic rings. The molecule has 0 aliphatic heterocycles. The van der Waals surface area contributed by atoms with Gasteiger partial charge in [0.25, 0.3) is 0 Å². The number of ether oxygens (including phenoxy) is 1. The zero-order valence-electron chi connectivity index (χ0n) is 14.4. The van der Waals surface area contributed by atoms with Crippen molar-refractivity contribution < 1.29 is 19.4 Å². The van der Waals surface area contributed by atoms with Gasteiger partial charge in [-0.05, 0) is 25.8 Å². The fraction of sp³-hybridized carbons (Fsp3) is 0.579. The van der Waals surface area contributed by atoms with Crippen molar-refractivity contribution in [3.63, 3.8) is 0 Å². The third-order valence-electron chi connectivity index (χ3n) is 3.43. The molecule has 0 aromatic rings. The SMILES string of the molecule is COC(C)C=CC=CC=CC(=O)CCCCCCCCC(=O)O. The first-order valence-electron chi connectivity index (χ1n) is 8.35. The highest BCUT2D eigenvalue weighted by atomic mass is 16.5. The van der Waals surface area contributed by atoms with Crippen LogP contribution in [-0.4, -0.2) is 30.1 Å². The molecule has 23 heavy (non-hydrogen) atoms.